The molecule has 1 aliphatic rings. The van der Waals surface area contributed by atoms with Crippen LogP contribution < -0.4 is 0 Å². The molecule has 0 aromatic rings. The van der Waals surface area contributed by atoms with Crippen molar-refractivity contribution in [3.63, 3.8) is 0 Å². The third-order valence-electron chi connectivity index (χ3n) is 4.33. The predicted molar refractivity (Wildman–Crippen MR) is 83.6 cm³/mol. The van der Waals surface area contributed by atoms with Crippen LogP contribution in [0.15, 0.2) is 11.3 Å². The third-order valence-corrected chi connectivity index (χ3v) is 4.56. The zero-order chi connectivity index (χ0) is 15.3. The van der Waals surface area contributed by atoms with Crippen LogP contribution in [0.1, 0.15) is 60.3 Å². The summed E-state index contributed by atoms with van der Waals surface area (Å²) in [4.78, 5) is 14.1. The number of carbonyl (C=O) groups is 1. The molecule has 0 radical (unpaired) electrons. The lowest BCUT2D eigenvalue weighted by atomic mass is 9.74. The first-order chi connectivity index (χ1) is 9.38. The Morgan fingerprint density at radius 2 is 2.10 bits per heavy atom. The number of hydrogen-bond acceptors (Lipinski definition) is 2. The molecule has 1 aliphatic carbocycles. The molecule has 1 unspecified atom stereocenters. The highest BCUT2D eigenvalue weighted by Crippen LogP contribution is 2.41. The number of nitrogens with zero attached hydrogens (tertiary/aromatic N) is 1. The van der Waals surface area contributed by atoms with E-state index in [1.165, 1.54) is 5.57 Å². The molecule has 20 heavy (non-hydrogen) atoms. The first kappa shape index (κ1) is 17.5. The van der Waals surface area contributed by atoms with Gasteiger partial charge in [-0.3, -0.25) is 9.69 Å². The number of hydrogen-bond donors (Lipinski definition) is 0. The van der Waals surface area contributed by atoms with Gasteiger partial charge in [0.25, 0.3) is 0 Å². The van der Waals surface area contributed by atoms with E-state index in [1.54, 1.807) is 0 Å². The zero-order valence-electron chi connectivity index (χ0n) is 13.5. The minimum Gasteiger partial charge on any atom is -0.358 e. The molecule has 0 saturated heterocycles. The molecule has 0 saturated carbocycles. The summed E-state index contributed by atoms with van der Waals surface area (Å²) in [6, 6.07) is 0. The van der Waals surface area contributed by atoms with Gasteiger partial charge in [0.1, 0.15) is 12.1 Å². The summed E-state index contributed by atoms with van der Waals surface area (Å²) < 4.78 is 5.76. The van der Waals surface area contributed by atoms with E-state index in [0.29, 0.717) is 6.61 Å². The Bertz CT molecular complexity index is 377. The molecule has 0 aromatic carbocycles. The van der Waals surface area contributed by atoms with Gasteiger partial charge >= 0.3 is 0 Å². The molecule has 116 valence electrons. The van der Waals surface area contributed by atoms with E-state index in [-0.39, 0.29) is 23.4 Å². The Hall–Kier alpha value is -0.540. The molecular formula is C16H28ClNO2. The van der Waals surface area contributed by atoms with Crippen molar-refractivity contribution < 1.29 is 9.53 Å². The number of amides is 1. The van der Waals surface area contributed by atoms with Crippen LogP contribution in [0.5, 0.6) is 0 Å². The monoisotopic (exact) mass is 301 g/mol. The van der Waals surface area contributed by atoms with Crippen LogP contribution in [-0.2, 0) is 9.53 Å². The summed E-state index contributed by atoms with van der Waals surface area (Å²) in [6.45, 7) is 11.2. The summed E-state index contributed by atoms with van der Waals surface area (Å²) in [5, 5.41) is 0. The van der Waals surface area contributed by atoms with Gasteiger partial charge in [0.05, 0.1) is 0 Å². The number of carbonyl (C=O) groups excluding carboxylic acids is 1. The summed E-state index contributed by atoms with van der Waals surface area (Å²) in [5.41, 5.74) is 2.55. The maximum Gasteiger partial charge on any atom is 0.243 e. The Labute approximate surface area is 128 Å². The molecule has 0 aromatic heterocycles. The SMILES string of the molecule is CCOC(CC)N(C(=O)CCl)C1=C(C)C(C)(C)CCC1. The van der Waals surface area contributed by atoms with Crippen molar-refractivity contribution in [3.05, 3.63) is 11.3 Å². The number of ether oxygens (including phenoxy) is 1. The zero-order valence-corrected chi connectivity index (χ0v) is 14.2. The van der Waals surface area contributed by atoms with Crippen molar-refractivity contribution in [3.8, 4) is 0 Å². The van der Waals surface area contributed by atoms with Crippen molar-refractivity contribution in [2.75, 3.05) is 12.5 Å². The maximum absolute atomic E-state index is 12.3. The van der Waals surface area contributed by atoms with Gasteiger partial charge < -0.3 is 4.74 Å². The summed E-state index contributed by atoms with van der Waals surface area (Å²) in [7, 11) is 0. The van der Waals surface area contributed by atoms with Gasteiger partial charge in [-0.05, 0) is 50.5 Å². The average molecular weight is 302 g/mol. The van der Waals surface area contributed by atoms with Gasteiger partial charge in [-0.1, -0.05) is 20.8 Å². The molecule has 3 nitrogen and oxygen atoms in total. The molecule has 1 amide bonds. The molecule has 0 fully saturated rings. The Morgan fingerprint density at radius 1 is 1.45 bits per heavy atom. The van der Waals surface area contributed by atoms with Gasteiger partial charge in [-0.15, -0.1) is 11.6 Å². The van der Waals surface area contributed by atoms with E-state index in [1.807, 2.05) is 18.7 Å². The minimum atomic E-state index is -0.204. The van der Waals surface area contributed by atoms with E-state index in [2.05, 4.69) is 20.8 Å². The van der Waals surface area contributed by atoms with Gasteiger partial charge in [0.15, 0.2) is 0 Å². The van der Waals surface area contributed by atoms with Gasteiger partial charge in [0.2, 0.25) is 5.91 Å². The highest BCUT2D eigenvalue weighted by atomic mass is 35.5. The fourth-order valence-corrected chi connectivity index (χ4v) is 3.01. The van der Waals surface area contributed by atoms with Crippen LogP contribution in [0, 0.1) is 5.41 Å². The van der Waals surface area contributed by atoms with Crippen LogP contribution in [0.25, 0.3) is 0 Å². The number of alkyl halides is 1. The normalized spacial score (nSPS) is 19.9. The fourth-order valence-electron chi connectivity index (χ4n) is 2.88. The topological polar surface area (TPSA) is 29.5 Å². The standard InChI is InChI=1S/C16H28ClNO2/c1-6-15(20-7-2)18(14(19)11-17)13-9-8-10-16(4,5)12(13)3/h15H,6-11H2,1-5H3. The largest absolute Gasteiger partial charge is 0.358 e. The Morgan fingerprint density at radius 3 is 2.60 bits per heavy atom. The minimum absolute atomic E-state index is 0.000777. The molecular weight excluding hydrogens is 274 g/mol. The van der Waals surface area contributed by atoms with E-state index < -0.39 is 0 Å². The lowest BCUT2D eigenvalue weighted by Gasteiger charge is -2.40. The maximum atomic E-state index is 12.3. The highest BCUT2D eigenvalue weighted by Gasteiger charge is 2.34. The van der Waals surface area contributed by atoms with Crippen LogP contribution in [-0.4, -0.2) is 29.5 Å². The molecule has 1 atom stereocenters. The molecule has 0 N–H and O–H groups in total. The second kappa shape index (κ2) is 7.46. The second-order valence-electron chi connectivity index (χ2n) is 6.02. The third kappa shape index (κ3) is 3.76. The fraction of sp³-hybridized carbons (Fsp3) is 0.812. The van der Waals surface area contributed by atoms with Crippen molar-refractivity contribution in [1.82, 2.24) is 4.90 Å². The van der Waals surface area contributed by atoms with E-state index in [0.717, 1.165) is 31.4 Å². The molecule has 0 bridgehead atoms. The first-order valence-electron chi connectivity index (χ1n) is 7.58. The van der Waals surface area contributed by atoms with Gasteiger partial charge in [0, 0.05) is 12.3 Å². The smallest absolute Gasteiger partial charge is 0.243 e. The van der Waals surface area contributed by atoms with Crippen molar-refractivity contribution in [2.24, 2.45) is 5.41 Å². The summed E-state index contributed by atoms with van der Waals surface area (Å²) in [5.74, 6) is -0.0557. The number of allylic oxidation sites excluding steroid dienone is 2. The molecule has 0 aliphatic heterocycles. The van der Waals surface area contributed by atoms with Crippen molar-refractivity contribution >= 4 is 17.5 Å². The van der Waals surface area contributed by atoms with Crippen molar-refractivity contribution in [1.29, 1.82) is 0 Å². The van der Waals surface area contributed by atoms with Crippen LogP contribution >= 0.6 is 11.6 Å². The molecule has 1 rings (SSSR count). The van der Waals surface area contributed by atoms with E-state index in [4.69, 9.17) is 16.3 Å². The van der Waals surface area contributed by atoms with Gasteiger partial charge in [-0.2, -0.15) is 0 Å². The molecule has 0 heterocycles. The lowest BCUT2D eigenvalue weighted by molar-refractivity contribution is -0.140. The van der Waals surface area contributed by atoms with E-state index >= 15 is 0 Å². The second-order valence-corrected chi connectivity index (χ2v) is 6.29. The van der Waals surface area contributed by atoms with Crippen LogP contribution in [0.2, 0.25) is 0 Å². The Kier molecular flexibility index (Phi) is 6.53. The molecule has 0 spiro atoms. The van der Waals surface area contributed by atoms with E-state index in [9.17, 15) is 4.79 Å². The number of halogens is 1. The first-order valence-corrected chi connectivity index (χ1v) is 8.12. The van der Waals surface area contributed by atoms with Crippen LogP contribution in [0.4, 0.5) is 0 Å². The number of rotatable bonds is 6. The van der Waals surface area contributed by atoms with Gasteiger partial charge in [-0.25, -0.2) is 0 Å². The predicted octanol–water partition coefficient (Wildman–Crippen LogP) is 4.31. The lowest BCUT2D eigenvalue weighted by Crippen LogP contribution is -2.44. The van der Waals surface area contributed by atoms with Crippen molar-refractivity contribution in [2.45, 2.75) is 66.5 Å². The van der Waals surface area contributed by atoms with Crippen LogP contribution in [0.3, 0.4) is 0 Å². The highest BCUT2D eigenvalue weighted by molar-refractivity contribution is 6.27. The average Bonchev–Trinajstić information content (AvgIpc) is 2.42. The summed E-state index contributed by atoms with van der Waals surface area (Å²) in [6.07, 6.45) is 3.77. The quantitative estimate of drug-likeness (QED) is 0.540. The Balaban J connectivity index is 3.19. The molecule has 4 heteroatoms. The summed E-state index contributed by atoms with van der Waals surface area (Å²) >= 11 is 5.82.